The Hall–Kier alpha value is -2.66. The molecule has 0 atom stereocenters. The van der Waals surface area contributed by atoms with E-state index in [9.17, 15) is 4.79 Å². The first-order chi connectivity index (χ1) is 13.7. The Kier molecular flexibility index (Phi) is 5.72. The molecule has 0 bridgehead atoms. The minimum Gasteiger partial charge on any atom is -0.339 e. The van der Waals surface area contributed by atoms with Crippen LogP contribution >= 0.6 is 11.6 Å². The first kappa shape index (κ1) is 18.7. The van der Waals surface area contributed by atoms with E-state index in [2.05, 4.69) is 10.1 Å². The molecule has 4 rings (SSSR count). The Labute approximate surface area is 169 Å². The van der Waals surface area contributed by atoms with Crippen LogP contribution in [0.25, 0.3) is 11.4 Å². The number of carbonyl (C=O) groups excluding carboxylic acids is 1. The molecule has 0 spiro atoms. The number of benzene rings is 2. The number of nitrogens with zero attached hydrogens (tertiary/aromatic N) is 3. The van der Waals surface area contributed by atoms with Crippen LogP contribution in [0.5, 0.6) is 0 Å². The summed E-state index contributed by atoms with van der Waals surface area (Å²) in [5, 5.41) is 4.72. The van der Waals surface area contributed by atoms with Crippen molar-refractivity contribution in [2.24, 2.45) is 5.92 Å². The van der Waals surface area contributed by atoms with Gasteiger partial charge in [-0.1, -0.05) is 53.5 Å². The van der Waals surface area contributed by atoms with E-state index in [1.165, 1.54) is 0 Å². The summed E-state index contributed by atoms with van der Waals surface area (Å²) in [5.41, 5.74) is 1.98. The first-order valence-corrected chi connectivity index (χ1v) is 9.98. The predicted molar refractivity (Wildman–Crippen MR) is 108 cm³/mol. The SMILES string of the molecule is O=C(C1CCC1)N(CCc1nc(-c2ccc(Cl)cc2)no1)Cc1ccccc1. The van der Waals surface area contributed by atoms with Crippen LogP contribution in [0.4, 0.5) is 0 Å². The van der Waals surface area contributed by atoms with Crippen LogP contribution in [0.2, 0.25) is 5.02 Å². The molecule has 1 amide bonds. The van der Waals surface area contributed by atoms with Crippen molar-refractivity contribution in [2.45, 2.75) is 32.2 Å². The molecule has 5 nitrogen and oxygen atoms in total. The average molecular weight is 396 g/mol. The minimum atomic E-state index is 0.163. The number of carbonyl (C=O) groups is 1. The smallest absolute Gasteiger partial charge is 0.228 e. The van der Waals surface area contributed by atoms with Gasteiger partial charge in [-0.05, 0) is 42.7 Å². The summed E-state index contributed by atoms with van der Waals surface area (Å²) < 4.78 is 5.40. The molecule has 1 heterocycles. The van der Waals surface area contributed by atoms with Gasteiger partial charge in [0.25, 0.3) is 0 Å². The maximum Gasteiger partial charge on any atom is 0.228 e. The molecule has 1 fully saturated rings. The Morgan fingerprint density at radius 2 is 1.86 bits per heavy atom. The van der Waals surface area contributed by atoms with E-state index in [1.54, 1.807) is 12.1 Å². The van der Waals surface area contributed by atoms with Gasteiger partial charge in [0.2, 0.25) is 17.6 Å². The quantitative estimate of drug-likeness (QED) is 0.578. The van der Waals surface area contributed by atoms with Crippen molar-refractivity contribution in [3.05, 3.63) is 71.1 Å². The molecular formula is C22H22ClN3O2. The van der Waals surface area contributed by atoms with Crippen molar-refractivity contribution in [3.63, 3.8) is 0 Å². The number of hydrogen-bond donors (Lipinski definition) is 0. The molecule has 0 N–H and O–H groups in total. The maximum absolute atomic E-state index is 12.9. The highest BCUT2D eigenvalue weighted by molar-refractivity contribution is 6.30. The lowest BCUT2D eigenvalue weighted by Crippen LogP contribution is -2.39. The van der Waals surface area contributed by atoms with Crippen LogP contribution in [-0.2, 0) is 17.8 Å². The number of rotatable bonds is 7. The molecule has 0 radical (unpaired) electrons. The molecule has 1 aromatic heterocycles. The monoisotopic (exact) mass is 395 g/mol. The van der Waals surface area contributed by atoms with E-state index in [-0.39, 0.29) is 11.8 Å². The molecule has 144 valence electrons. The van der Waals surface area contributed by atoms with Gasteiger partial charge in [-0.3, -0.25) is 4.79 Å². The maximum atomic E-state index is 12.9. The highest BCUT2D eigenvalue weighted by Crippen LogP contribution is 2.29. The van der Waals surface area contributed by atoms with Crippen molar-refractivity contribution in [1.82, 2.24) is 15.0 Å². The second-order valence-electron chi connectivity index (χ2n) is 7.14. The van der Waals surface area contributed by atoms with Crippen LogP contribution in [0.3, 0.4) is 0 Å². The summed E-state index contributed by atoms with van der Waals surface area (Å²) in [6.07, 6.45) is 3.66. The van der Waals surface area contributed by atoms with Crippen molar-refractivity contribution in [3.8, 4) is 11.4 Å². The van der Waals surface area contributed by atoms with Gasteiger partial charge in [-0.2, -0.15) is 4.98 Å². The molecule has 0 saturated heterocycles. The average Bonchev–Trinajstić information content (AvgIpc) is 3.14. The molecule has 1 saturated carbocycles. The molecule has 3 aromatic rings. The fourth-order valence-electron chi connectivity index (χ4n) is 3.29. The van der Waals surface area contributed by atoms with Crippen LogP contribution in [0, 0.1) is 5.92 Å². The van der Waals surface area contributed by atoms with Crippen LogP contribution in [0.15, 0.2) is 59.1 Å². The summed E-state index contributed by atoms with van der Waals surface area (Å²) in [5.74, 6) is 1.46. The minimum absolute atomic E-state index is 0.163. The summed E-state index contributed by atoms with van der Waals surface area (Å²) in [7, 11) is 0. The summed E-state index contributed by atoms with van der Waals surface area (Å²) in [4.78, 5) is 19.2. The van der Waals surface area contributed by atoms with E-state index >= 15 is 0 Å². The van der Waals surface area contributed by atoms with Crippen molar-refractivity contribution in [1.29, 1.82) is 0 Å². The summed E-state index contributed by atoms with van der Waals surface area (Å²) in [6, 6.07) is 17.4. The molecule has 1 aliphatic carbocycles. The van der Waals surface area contributed by atoms with Crippen molar-refractivity contribution in [2.75, 3.05) is 6.54 Å². The zero-order valence-electron chi connectivity index (χ0n) is 15.6. The number of amides is 1. The molecular weight excluding hydrogens is 374 g/mol. The third kappa shape index (κ3) is 4.42. The second-order valence-corrected chi connectivity index (χ2v) is 7.58. The zero-order chi connectivity index (χ0) is 19.3. The second kappa shape index (κ2) is 8.57. The van der Waals surface area contributed by atoms with Gasteiger partial charge < -0.3 is 9.42 Å². The third-order valence-corrected chi connectivity index (χ3v) is 5.40. The van der Waals surface area contributed by atoms with E-state index in [0.29, 0.717) is 36.2 Å². The van der Waals surface area contributed by atoms with E-state index in [4.69, 9.17) is 16.1 Å². The van der Waals surface area contributed by atoms with Crippen LogP contribution in [0.1, 0.15) is 30.7 Å². The lowest BCUT2D eigenvalue weighted by atomic mass is 9.84. The number of halogens is 1. The van der Waals surface area contributed by atoms with Gasteiger partial charge >= 0.3 is 0 Å². The summed E-state index contributed by atoms with van der Waals surface area (Å²) >= 11 is 5.93. The fourth-order valence-corrected chi connectivity index (χ4v) is 3.41. The van der Waals surface area contributed by atoms with E-state index in [0.717, 1.165) is 30.4 Å². The molecule has 0 aliphatic heterocycles. The predicted octanol–water partition coefficient (Wildman–Crippen LogP) is 4.76. The summed E-state index contributed by atoms with van der Waals surface area (Å²) in [6.45, 7) is 1.17. The van der Waals surface area contributed by atoms with Gasteiger partial charge in [0.1, 0.15) is 0 Å². The van der Waals surface area contributed by atoms with Crippen LogP contribution < -0.4 is 0 Å². The standard InChI is InChI=1S/C22H22ClN3O2/c23-19-11-9-17(10-12-19)21-24-20(28-25-21)13-14-26(22(27)18-7-4-8-18)15-16-5-2-1-3-6-16/h1-3,5-6,9-12,18H,4,7-8,13-15H2. The highest BCUT2D eigenvalue weighted by Gasteiger charge is 2.29. The Balaban J connectivity index is 1.43. The van der Waals surface area contributed by atoms with Crippen molar-refractivity contribution >= 4 is 17.5 Å². The molecule has 6 heteroatoms. The lowest BCUT2D eigenvalue weighted by Gasteiger charge is -2.31. The molecule has 0 unspecified atom stereocenters. The first-order valence-electron chi connectivity index (χ1n) is 9.60. The topological polar surface area (TPSA) is 59.2 Å². The van der Waals surface area contributed by atoms with Gasteiger partial charge in [-0.15, -0.1) is 0 Å². The highest BCUT2D eigenvalue weighted by atomic mass is 35.5. The molecule has 2 aromatic carbocycles. The third-order valence-electron chi connectivity index (χ3n) is 5.15. The zero-order valence-corrected chi connectivity index (χ0v) is 16.3. The van der Waals surface area contributed by atoms with Gasteiger partial charge in [0, 0.05) is 36.0 Å². The van der Waals surface area contributed by atoms with Crippen LogP contribution in [-0.4, -0.2) is 27.5 Å². The van der Waals surface area contributed by atoms with E-state index < -0.39 is 0 Å². The number of aromatic nitrogens is 2. The Morgan fingerprint density at radius 1 is 1.11 bits per heavy atom. The van der Waals surface area contributed by atoms with Gasteiger partial charge in [0.05, 0.1) is 0 Å². The van der Waals surface area contributed by atoms with E-state index in [1.807, 2.05) is 47.4 Å². The largest absolute Gasteiger partial charge is 0.339 e. The normalized spacial score (nSPS) is 13.9. The molecule has 28 heavy (non-hydrogen) atoms. The fraction of sp³-hybridized carbons (Fsp3) is 0.318. The number of hydrogen-bond acceptors (Lipinski definition) is 4. The van der Waals surface area contributed by atoms with Gasteiger partial charge in [-0.25, -0.2) is 0 Å². The Morgan fingerprint density at radius 3 is 2.54 bits per heavy atom. The molecule has 1 aliphatic rings. The lowest BCUT2D eigenvalue weighted by molar-refractivity contribution is -0.138. The van der Waals surface area contributed by atoms with Gasteiger partial charge in [0.15, 0.2) is 0 Å². The Bertz CT molecular complexity index is 920. The van der Waals surface area contributed by atoms with Crippen molar-refractivity contribution < 1.29 is 9.32 Å².